The summed E-state index contributed by atoms with van der Waals surface area (Å²) in [7, 11) is 0. The number of fused-ring (bicyclic) bond motifs is 3. The van der Waals surface area contributed by atoms with Gasteiger partial charge in [-0.05, 0) is 61.4 Å². The molecule has 1 N–H and O–H groups in total. The van der Waals surface area contributed by atoms with Crippen LogP contribution in [0.1, 0.15) is 34.3 Å². The summed E-state index contributed by atoms with van der Waals surface area (Å²) in [6, 6.07) is 13.8. The zero-order chi connectivity index (χ0) is 24.8. The highest BCUT2D eigenvalue weighted by Gasteiger charge is 2.27. The van der Waals surface area contributed by atoms with Crippen LogP contribution >= 0.6 is 11.3 Å². The van der Waals surface area contributed by atoms with Crippen LogP contribution in [0.4, 0.5) is 0 Å². The van der Waals surface area contributed by atoms with Gasteiger partial charge in [-0.2, -0.15) is 0 Å². The van der Waals surface area contributed by atoms with Gasteiger partial charge in [0.05, 0.1) is 57.3 Å². The van der Waals surface area contributed by atoms with E-state index in [1.807, 2.05) is 50.4 Å². The van der Waals surface area contributed by atoms with E-state index in [1.165, 1.54) is 0 Å². The lowest BCUT2D eigenvalue weighted by Gasteiger charge is -2.29. The SMILES string of the molecule is Cc1nc(C)c(-c2cc(Cc3cc4c(=O)n(C5CCOC[C@@H]5O)cnc4c4ccccc34)ccn2)s1. The van der Waals surface area contributed by atoms with Gasteiger partial charge in [-0.15, -0.1) is 11.3 Å². The van der Waals surface area contributed by atoms with Gasteiger partial charge in [0.25, 0.3) is 5.56 Å². The van der Waals surface area contributed by atoms with Gasteiger partial charge in [0.1, 0.15) is 0 Å². The summed E-state index contributed by atoms with van der Waals surface area (Å²) in [4.78, 5) is 28.6. The van der Waals surface area contributed by atoms with E-state index in [9.17, 15) is 9.90 Å². The number of benzene rings is 2. The number of aliphatic hydroxyl groups is 1. The fourth-order valence-electron chi connectivity index (χ4n) is 5.16. The number of aliphatic hydroxyl groups excluding tert-OH is 1. The number of hydrogen-bond donors (Lipinski definition) is 1. The molecular weight excluding hydrogens is 472 g/mol. The van der Waals surface area contributed by atoms with Crippen LogP contribution in [0.3, 0.4) is 0 Å². The molecule has 5 aromatic rings. The number of nitrogens with zero attached hydrogens (tertiary/aromatic N) is 4. The van der Waals surface area contributed by atoms with Crippen molar-refractivity contribution >= 4 is 33.0 Å². The maximum Gasteiger partial charge on any atom is 0.261 e. The maximum atomic E-state index is 13.7. The van der Waals surface area contributed by atoms with E-state index in [1.54, 1.807) is 22.2 Å². The maximum absolute atomic E-state index is 13.7. The van der Waals surface area contributed by atoms with E-state index >= 15 is 0 Å². The van der Waals surface area contributed by atoms with E-state index in [4.69, 9.17) is 4.74 Å². The first-order valence-electron chi connectivity index (χ1n) is 12.1. The Morgan fingerprint density at radius 2 is 1.94 bits per heavy atom. The van der Waals surface area contributed by atoms with Crippen molar-refractivity contribution in [2.24, 2.45) is 0 Å². The molecule has 0 amide bonds. The summed E-state index contributed by atoms with van der Waals surface area (Å²) in [5, 5.41) is 14.1. The van der Waals surface area contributed by atoms with Gasteiger partial charge in [-0.1, -0.05) is 24.3 Å². The first kappa shape index (κ1) is 23.0. The van der Waals surface area contributed by atoms with E-state index in [0.717, 1.165) is 43.2 Å². The van der Waals surface area contributed by atoms with E-state index in [2.05, 4.69) is 27.1 Å². The lowest BCUT2D eigenvalue weighted by molar-refractivity contribution is -0.0395. The first-order chi connectivity index (χ1) is 17.5. The Labute approximate surface area is 212 Å². The van der Waals surface area contributed by atoms with Crippen LogP contribution in [0.25, 0.3) is 32.2 Å². The molecule has 1 saturated heterocycles. The summed E-state index contributed by atoms with van der Waals surface area (Å²) in [5.41, 5.74) is 4.61. The van der Waals surface area contributed by atoms with Crippen molar-refractivity contribution in [1.82, 2.24) is 19.5 Å². The third kappa shape index (κ3) is 4.01. The minimum Gasteiger partial charge on any atom is -0.389 e. The molecule has 1 unspecified atom stereocenters. The molecule has 1 aliphatic rings. The van der Waals surface area contributed by atoms with Crippen LogP contribution in [0, 0.1) is 13.8 Å². The van der Waals surface area contributed by atoms with Gasteiger partial charge < -0.3 is 9.84 Å². The fourth-order valence-corrected chi connectivity index (χ4v) is 6.05. The van der Waals surface area contributed by atoms with Gasteiger partial charge in [-0.3, -0.25) is 14.3 Å². The molecule has 0 spiro atoms. The second-order valence-corrected chi connectivity index (χ2v) is 10.5. The molecule has 0 saturated carbocycles. The van der Waals surface area contributed by atoms with Crippen molar-refractivity contribution in [2.75, 3.05) is 13.2 Å². The van der Waals surface area contributed by atoms with Crippen molar-refractivity contribution in [3.05, 3.63) is 87.2 Å². The summed E-state index contributed by atoms with van der Waals surface area (Å²) in [6.45, 7) is 4.75. The second-order valence-electron chi connectivity index (χ2n) is 9.31. The molecule has 7 nitrogen and oxygen atoms in total. The topological polar surface area (TPSA) is 90.1 Å². The van der Waals surface area contributed by atoms with Gasteiger partial charge in [0.2, 0.25) is 0 Å². The second kappa shape index (κ2) is 9.20. The van der Waals surface area contributed by atoms with Crippen LogP contribution in [0.2, 0.25) is 0 Å². The van der Waals surface area contributed by atoms with Crippen LogP contribution in [-0.4, -0.2) is 43.9 Å². The molecule has 36 heavy (non-hydrogen) atoms. The molecule has 8 heteroatoms. The van der Waals surface area contributed by atoms with E-state index in [-0.39, 0.29) is 18.2 Å². The monoisotopic (exact) mass is 498 g/mol. The Bertz CT molecular complexity index is 1660. The smallest absolute Gasteiger partial charge is 0.261 e. The molecule has 3 aromatic heterocycles. The van der Waals surface area contributed by atoms with E-state index in [0.29, 0.717) is 30.4 Å². The molecule has 2 atom stereocenters. The predicted molar refractivity (Wildman–Crippen MR) is 142 cm³/mol. The molecule has 6 rings (SSSR count). The molecule has 0 radical (unpaired) electrons. The van der Waals surface area contributed by atoms with Crippen LogP contribution in [0.15, 0.2) is 59.8 Å². The number of thiazole rings is 1. The Morgan fingerprint density at radius 3 is 2.72 bits per heavy atom. The van der Waals surface area contributed by atoms with Crippen molar-refractivity contribution in [3.8, 4) is 10.6 Å². The number of aromatic nitrogens is 4. The van der Waals surface area contributed by atoms with Gasteiger partial charge in [-0.25, -0.2) is 9.97 Å². The predicted octanol–water partition coefficient (Wildman–Crippen LogP) is 4.60. The minimum atomic E-state index is -0.732. The van der Waals surface area contributed by atoms with Gasteiger partial charge in [0, 0.05) is 18.2 Å². The highest BCUT2D eigenvalue weighted by atomic mass is 32.1. The van der Waals surface area contributed by atoms with Crippen LogP contribution in [0.5, 0.6) is 0 Å². The van der Waals surface area contributed by atoms with Crippen molar-refractivity contribution in [1.29, 1.82) is 0 Å². The number of rotatable bonds is 4. The Morgan fingerprint density at radius 1 is 1.11 bits per heavy atom. The molecule has 2 aromatic carbocycles. The molecule has 4 heterocycles. The quantitative estimate of drug-likeness (QED) is 0.364. The average Bonchev–Trinajstić information content (AvgIpc) is 3.23. The Balaban J connectivity index is 1.48. The summed E-state index contributed by atoms with van der Waals surface area (Å²) >= 11 is 1.65. The zero-order valence-electron chi connectivity index (χ0n) is 20.1. The highest BCUT2D eigenvalue weighted by molar-refractivity contribution is 7.15. The Hall–Kier alpha value is -3.46. The number of hydrogen-bond acceptors (Lipinski definition) is 7. The lowest BCUT2D eigenvalue weighted by atomic mass is 9.95. The molecule has 1 fully saturated rings. The summed E-state index contributed by atoms with van der Waals surface area (Å²) < 4.78 is 6.94. The third-order valence-corrected chi connectivity index (χ3v) is 7.98. The average molecular weight is 499 g/mol. The third-order valence-electron chi connectivity index (χ3n) is 6.88. The van der Waals surface area contributed by atoms with Crippen molar-refractivity contribution < 1.29 is 9.84 Å². The highest BCUT2D eigenvalue weighted by Crippen LogP contribution is 2.31. The van der Waals surface area contributed by atoms with Gasteiger partial charge >= 0.3 is 0 Å². The molecule has 0 aliphatic carbocycles. The molecule has 182 valence electrons. The molecule has 1 aliphatic heterocycles. The van der Waals surface area contributed by atoms with Crippen molar-refractivity contribution in [3.63, 3.8) is 0 Å². The van der Waals surface area contributed by atoms with E-state index < -0.39 is 6.10 Å². The molecule has 0 bridgehead atoms. The van der Waals surface area contributed by atoms with Gasteiger partial charge in [0.15, 0.2) is 0 Å². The number of pyridine rings is 1. The minimum absolute atomic E-state index is 0.135. The fraction of sp³-hybridized carbons (Fsp3) is 0.286. The number of aryl methyl sites for hydroxylation is 2. The van der Waals surface area contributed by atoms with Crippen LogP contribution in [-0.2, 0) is 11.2 Å². The zero-order valence-corrected chi connectivity index (χ0v) is 21.0. The standard InChI is InChI=1S/C28H26N4O3S/c1-16-27(36-17(2)31-16)23-12-18(7-9-29-23)11-19-13-22-26(21-6-4-3-5-20(19)21)30-15-32(28(22)34)24-8-10-35-14-25(24)33/h3-7,9,12-13,15,24-25,33H,8,10-11,14H2,1-2H3/t24?,25-/m0/s1. The summed E-state index contributed by atoms with van der Waals surface area (Å²) in [5.74, 6) is 0. The largest absolute Gasteiger partial charge is 0.389 e. The molecular formula is C28H26N4O3S. The number of ether oxygens (including phenoxy) is 1. The van der Waals surface area contributed by atoms with Crippen molar-refractivity contribution in [2.45, 2.75) is 38.8 Å². The summed E-state index contributed by atoms with van der Waals surface area (Å²) in [6.07, 6.45) is 3.90. The lowest BCUT2D eigenvalue weighted by Crippen LogP contribution is -2.39. The first-order valence-corrected chi connectivity index (χ1v) is 12.9. The normalized spacial score (nSPS) is 18.2. The Kier molecular flexibility index (Phi) is 5.87. The van der Waals surface area contributed by atoms with Crippen LogP contribution < -0.4 is 5.56 Å².